The molecular weight excluding hydrogens is 462 g/mol. The van der Waals surface area contributed by atoms with Crippen molar-refractivity contribution in [2.75, 3.05) is 61.5 Å². The monoisotopic (exact) mass is 497 g/mol. The van der Waals surface area contributed by atoms with Gasteiger partial charge in [0.2, 0.25) is 17.8 Å². The second-order valence-electron chi connectivity index (χ2n) is 10.6. The molecule has 3 aliphatic heterocycles. The second kappa shape index (κ2) is 9.09. The van der Waals surface area contributed by atoms with Gasteiger partial charge >= 0.3 is 0 Å². The number of likely N-dealkylation sites (tertiary alicyclic amines) is 1. The van der Waals surface area contributed by atoms with Crippen LogP contribution in [0.25, 0.3) is 11.3 Å². The van der Waals surface area contributed by atoms with Gasteiger partial charge in [-0.05, 0) is 33.6 Å². The lowest BCUT2D eigenvalue weighted by atomic mass is 9.99. The molecule has 2 saturated heterocycles. The number of nitrogens with two attached hydrogens (primary N) is 2. The number of carbonyl (C=O) groups is 1. The molecule has 0 saturated carbocycles. The van der Waals surface area contributed by atoms with Gasteiger partial charge in [0.25, 0.3) is 0 Å². The van der Waals surface area contributed by atoms with Crippen molar-refractivity contribution in [3.63, 3.8) is 0 Å². The van der Waals surface area contributed by atoms with Gasteiger partial charge in [-0.15, -0.1) is 0 Å². The predicted octanol–water partition coefficient (Wildman–Crippen LogP) is -0.196. The van der Waals surface area contributed by atoms with Crippen LogP contribution in [0.15, 0.2) is 12.4 Å². The van der Waals surface area contributed by atoms with E-state index in [0.29, 0.717) is 38.8 Å². The number of fused-ring (bicyclic) bond motifs is 1. The van der Waals surface area contributed by atoms with E-state index in [-0.39, 0.29) is 23.4 Å². The van der Waals surface area contributed by atoms with Crippen molar-refractivity contribution < 1.29 is 14.6 Å². The zero-order chi connectivity index (χ0) is 25.7. The number of morpholine rings is 1. The van der Waals surface area contributed by atoms with Gasteiger partial charge in [0.15, 0.2) is 0 Å². The third-order valence-electron chi connectivity index (χ3n) is 7.59. The van der Waals surface area contributed by atoms with Gasteiger partial charge in [0, 0.05) is 49.7 Å². The Hall–Kier alpha value is -3.09. The number of nitrogens with zero attached hydrogens (tertiary/aromatic N) is 7. The summed E-state index contributed by atoms with van der Waals surface area (Å²) in [4.78, 5) is 37.7. The Morgan fingerprint density at radius 3 is 2.72 bits per heavy atom. The van der Waals surface area contributed by atoms with E-state index < -0.39 is 12.1 Å². The SMILES string of the molecule is C[C@H]1COCCN1c1nc(-c2cnc(N)nc2)c2c(n1)N([C@@]1(C)CCN(C(=O)[C@@](C)(N)CO)C1)CC2. The van der Waals surface area contributed by atoms with Crippen LogP contribution in [0, 0.1) is 0 Å². The van der Waals surface area contributed by atoms with E-state index in [1.54, 1.807) is 24.2 Å². The number of ether oxygens (including phenoxy) is 1. The molecule has 0 aromatic carbocycles. The number of rotatable bonds is 5. The molecule has 5 rings (SSSR count). The van der Waals surface area contributed by atoms with Gasteiger partial charge in [-0.25, -0.2) is 15.0 Å². The van der Waals surface area contributed by atoms with Gasteiger partial charge in [0.1, 0.15) is 11.4 Å². The highest BCUT2D eigenvalue weighted by molar-refractivity contribution is 5.86. The van der Waals surface area contributed by atoms with Crippen LogP contribution in [-0.2, 0) is 16.0 Å². The Kier molecular flexibility index (Phi) is 6.21. The largest absolute Gasteiger partial charge is 0.394 e. The fraction of sp³-hybridized carbons (Fsp3) is 0.625. The number of hydrogen-bond acceptors (Lipinski definition) is 11. The first-order chi connectivity index (χ1) is 17.1. The average molecular weight is 498 g/mol. The van der Waals surface area contributed by atoms with E-state index in [1.807, 2.05) is 0 Å². The normalized spacial score (nSPS) is 25.7. The maximum atomic E-state index is 13.0. The first kappa shape index (κ1) is 24.6. The lowest BCUT2D eigenvalue weighted by Crippen LogP contribution is -2.57. The summed E-state index contributed by atoms with van der Waals surface area (Å²) in [6.07, 6.45) is 4.94. The molecule has 12 heteroatoms. The molecule has 0 unspecified atom stereocenters. The Labute approximate surface area is 210 Å². The van der Waals surface area contributed by atoms with Crippen molar-refractivity contribution >= 4 is 23.6 Å². The smallest absolute Gasteiger partial charge is 0.244 e. The van der Waals surface area contributed by atoms with Crippen LogP contribution >= 0.6 is 0 Å². The van der Waals surface area contributed by atoms with E-state index in [1.165, 1.54) is 0 Å². The summed E-state index contributed by atoms with van der Waals surface area (Å²) in [6.45, 7) is 9.21. The maximum Gasteiger partial charge on any atom is 0.244 e. The first-order valence-electron chi connectivity index (χ1n) is 12.4. The van der Waals surface area contributed by atoms with Crippen molar-refractivity contribution in [1.82, 2.24) is 24.8 Å². The standard InChI is InChI=1S/C24H35N9O3/c1-15-12-36-9-8-32(15)22-29-18(16-10-27-21(25)28-11-16)17-4-6-33(19(17)30-22)23(2)5-7-31(13-23)20(35)24(3,26)14-34/h10-11,15,34H,4-9,12-14,26H2,1-3H3,(H2,25,27,28)/t15-,23-,24-/m0/s1. The zero-order valence-corrected chi connectivity index (χ0v) is 21.1. The van der Waals surface area contributed by atoms with E-state index in [2.05, 4.69) is 33.6 Å². The van der Waals surface area contributed by atoms with E-state index >= 15 is 0 Å². The maximum absolute atomic E-state index is 13.0. The van der Waals surface area contributed by atoms with E-state index in [9.17, 15) is 9.90 Å². The Balaban J connectivity index is 1.53. The molecule has 5 heterocycles. The number of carbonyl (C=O) groups excluding carboxylic acids is 1. The number of anilines is 3. The third kappa shape index (κ3) is 4.22. The number of hydrogen-bond donors (Lipinski definition) is 3. The van der Waals surface area contributed by atoms with Crippen molar-refractivity contribution in [2.45, 2.75) is 50.7 Å². The molecule has 3 atom stereocenters. The highest BCUT2D eigenvalue weighted by atomic mass is 16.5. The minimum absolute atomic E-state index is 0.137. The Morgan fingerprint density at radius 2 is 2.03 bits per heavy atom. The van der Waals surface area contributed by atoms with Gasteiger partial charge in [-0.2, -0.15) is 4.98 Å². The molecule has 0 spiro atoms. The molecule has 5 N–H and O–H groups in total. The number of aliphatic hydroxyl groups excluding tert-OH is 1. The third-order valence-corrected chi connectivity index (χ3v) is 7.59. The van der Waals surface area contributed by atoms with Crippen LogP contribution in [0.3, 0.4) is 0 Å². The fourth-order valence-electron chi connectivity index (χ4n) is 5.39. The van der Waals surface area contributed by atoms with Crippen LogP contribution in [0.1, 0.15) is 32.8 Å². The quantitative estimate of drug-likeness (QED) is 0.502. The van der Waals surface area contributed by atoms with Crippen LogP contribution in [-0.4, -0.2) is 99.0 Å². The molecule has 12 nitrogen and oxygen atoms in total. The second-order valence-corrected chi connectivity index (χ2v) is 10.6. The first-order valence-corrected chi connectivity index (χ1v) is 12.4. The molecular formula is C24H35N9O3. The molecule has 2 aromatic rings. The van der Waals surface area contributed by atoms with Crippen molar-refractivity contribution in [2.24, 2.45) is 5.73 Å². The number of aliphatic hydroxyl groups is 1. The molecule has 2 aromatic heterocycles. The molecule has 194 valence electrons. The van der Waals surface area contributed by atoms with Crippen molar-refractivity contribution in [3.8, 4) is 11.3 Å². The Bertz CT molecular complexity index is 1140. The summed E-state index contributed by atoms with van der Waals surface area (Å²) in [7, 11) is 0. The van der Waals surface area contributed by atoms with Crippen LogP contribution in [0.2, 0.25) is 0 Å². The average Bonchev–Trinajstić information content (AvgIpc) is 3.48. The minimum atomic E-state index is -1.29. The minimum Gasteiger partial charge on any atom is -0.394 e. The van der Waals surface area contributed by atoms with Crippen molar-refractivity contribution in [1.29, 1.82) is 0 Å². The van der Waals surface area contributed by atoms with Crippen LogP contribution < -0.4 is 21.3 Å². The summed E-state index contributed by atoms with van der Waals surface area (Å²) in [5.74, 6) is 1.50. The lowest BCUT2D eigenvalue weighted by Gasteiger charge is -2.38. The predicted molar refractivity (Wildman–Crippen MR) is 135 cm³/mol. The summed E-state index contributed by atoms with van der Waals surface area (Å²) in [5, 5.41) is 9.60. The summed E-state index contributed by atoms with van der Waals surface area (Å²) >= 11 is 0. The Morgan fingerprint density at radius 1 is 1.28 bits per heavy atom. The molecule has 2 fully saturated rings. The molecule has 36 heavy (non-hydrogen) atoms. The number of aromatic nitrogens is 4. The fourth-order valence-corrected chi connectivity index (χ4v) is 5.39. The number of nitrogen functional groups attached to an aromatic ring is 1. The van der Waals surface area contributed by atoms with Gasteiger partial charge in [-0.1, -0.05) is 0 Å². The molecule has 0 aliphatic carbocycles. The molecule has 1 amide bonds. The highest BCUT2D eigenvalue weighted by Crippen LogP contribution is 2.41. The summed E-state index contributed by atoms with van der Waals surface area (Å²) in [6, 6.07) is 0.137. The van der Waals surface area contributed by atoms with Crippen molar-refractivity contribution in [3.05, 3.63) is 18.0 Å². The van der Waals surface area contributed by atoms with Gasteiger partial charge < -0.3 is 36.0 Å². The molecule has 0 radical (unpaired) electrons. The number of amides is 1. The topological polar surface area (TPSA) is 160 Å². The van der Waals surface area contributed by atoms with E-state index in [0.717, 1.165) is 42.0 Å². The highest BCUT2D eigenvalue weighted by Gasteiger charge is 2.47. The summed E-state index contributed by atoms with van der Waals surface area (Å²) in [5.41, 5.74) is 12.8. The van der Waals surface area contributed by atoms with Crippen LogP contribution in [0.5, 0.6) is 0 Å². The summed E-state index contributed by atoms with van der Waals surface area (Å²) < 4.78 is 5.64. The zero-order valence-electron chi connectivity index (χ0n) is 21.1. The lowest BCUT2D eigenvalue weighted by molar-refractivity contribution is -0.136. The van der Waals surface area contributed by atoms with E-state index in [4.69, 9.17) is 26.2 Å². The van der Waals surface area contributed by atoms with Gasteiger partial charge in [0.05, 0.1) is 37.1 Å². The van der Waals surface area contributed by atoms with Gasteiger partial charge in [-0.3, -0.25) is 4.79 Å². The molecule has 0 bridgehead atoms. The molecule has 3 aliphatic rings. The van der Waals surface area contributed by atoms with Crippen LogP contribution in [0.4, 0.5) is 17.7 Å².